The van der Waals surface area contributed by atoms with Crippen LogP contribution in [0.1, 0.15) is 38.8 Å². The van der Waals surface area contributed by atoms with Crippen molar-refractivity contribution < 1.29 is 22.3 Å². The van der Waals surface area contributed by atoms with Gasteiger partial charge in [0.05, 0.1) is 0 Å². The van der Waals surface area contributed by atoms with E-state index in [2.05, 4.69) is 4.74 Å². The van der Waals surface area contributed by atoms with Crippen LogP contribution in [0.4, 0.5) is 17.6 Å². The maximum absolute atomic E-state index is 13.6. The van der Waals surface area contributed by atoms with Gasteiger partial charge in [0.2, 0.25) is 0 Å². The SMILES string of the molecule is CCC(C)(C)C(N)c1ccc(OC(F)(F)F)c(F)c1. The largest absolute Gasteiger partial charge is 0.573 e. The van der Waals surface area contributed by atoms with E-state index in [0.29, 0.717) is 5.56 Å². The van der Waals surface area contributed by atoms with E-state index in [-0.39, 0.29) is 5.41 Å². The van der Waals surface area contributed by atoms with Crippen molar-refractivity contribution in [3.05, 3.63) is 29.6 Å². The van der Waals surface area contributed by atoms with Crippen molar-refractivity contribution in [3.8, 4) is 5.75 Å². The lowest BCUT2D eigenvalue weighted by molar-refractivity contribution is -0.275. The van der Waals surface area contributed by atoms with E-state index >= 15 is 0 Å². The second kappa shape index (κ2) is 5.36. The summed E-state index contributed by atoms with van der Waals surface area (Å²) in [5.41, 5.74) is 6.16. The van der Waals surface area contributed by atoms with Gasteiger partial charge in [-0.2, -0.15) is 0 Å². The molecule has 1 atom stereocenters. The summed E-state index contributed by atoms with van der Waals surface area (Å²) in [6, 6.07) is 2.83. The Kier molecular flexibility index (Phi) is 4.45. The number of halogens is 4. The van der Waals surface area contributed by atoms with Crippen LogP contribution in [-0.4, -0.2) is 6.36 Å². The van der Waals surface area contributed by atoms with Gasteiger partial charge >= 0.3 is 6.36 Å². The molecule has 0 aliphatic carbocycles. The van der Waals surface area contributed by atoms with Crippen LogP contribution in [0.3, 0.4) is 0 Å². The summed E-state index contributed by atoms with van der Waals surface area (Å²) in [7, 11) is 0. The molecule has 0 saturated carbocycles. The molecular formula is C13H17F4NO. The number of hydrogen-bond donors (Lipinski definition) is 1. The van der Waals surface area contributed by atoms with Crippen LogP contribution in [0.5, 0.6) is 5.75 Å². The second-order valence-electron chi connectivity index (χ2n) is 5.06. The average molecular weight is 279 g/mol. The maximum Gasteiger partial charge on any atom is 0.573 e. The molecule has 0 aliphatic rings. The standard InChI is InChI=1S/C13H17F4NO/c1-4-12(2,3)11(18)8-5-6-10(9(14)7-8)19-13(15,16)17/h5-7,11H,4,18H2,1-3H3. The van der Waals surface area contributed by atoms with Crippen molar-refractivity contribution in [2.24, 2.45) is 11.1 Å². The molecule has 0 bridgehead atoms. The summed E-state index contributed by atoms with van der Waals surface area (Å²) in [6.45, 7) is 5.77. The van der Waals surface area contributed by atoms with E-state index < -0.39 is 24.0 Å². The summed E-state index contributed by atoms with van der Waals surface area (Å²) in [5, 5.41) is 0. The van der Waals surface area contributed by atoms with Crippen molar-refractivity contribution in [1.29, 1.82) is 0 Å². The topological polar surface area (TPSA) is 35.2 Å². The fourth-order valence-corrected chi connectivity index (χ4v) is 1.59. The molecule has 0 saturated heterocycles. The Balaban J connectivity index is 3.00. The first-order chi connectivity index (χ1) is 8.57. The monoisotopic (exact) mass is 279 g/mol. The van der Waals surface area contributed by atoms with Gasteiger partial charge < -0.3 is 10.5 Å². The Bertz CT molecular complexity index is 443. The maximum atomic E-state index is 13.6. The lowest BCUT2D eigenvalue weighted by Gasteiger charge is -2.30. The van der Waals surface area contributed by atoms with E-state index in [1.54, 1.807) is 0 Å². The van der Waals surface area contributed by atoms with Crippen molar-refractivity contribution in [3.63, 3.8) is 0 Å². The van der Waals surface area contributed by atoms with Crippen LogP contribution in [0, 0.1) is 11.2 Å². The highest BCUT2D eigenvalue weighted by Crippen LogP contribution is 2.36. The third-order valence-electron chi connectivity index (χ3n) is 3.29. The smallest absolute Gasteiger partial charge is 0.403 e. The molecule has 1 aromatic rings. The molecule has 0 aliphatic heterocycles. The van der Waals surface area contributed by atoms with Gasteiger partial charge in [0, 0.05) is 6.04 Å². The highest BCUT2D eigenvalue weighted by atomic mass is 19.4. The highest BCUT2D eigenvalue weighted by molar-refractivity contribution is 5.31. The number of nitrogens with two attached hydrogens (primary N) is 1. The van der Waals surface area contributed by atoms with Gasteiger partial charge in [0.15, 0.2) is 11.6 Å². The van der Waals surface area contributed by atoms with Gasteiger partial charge in [-0.3, -0.25) is 0 Å². The normalized spacial score (nSPS) is 14.3. The molecule has 1 unspecified atom stereocenters. The number of hydrogen-bond acceptors (Lipinski definition) is 2. The second-order valence-corrected chi connectivity index (χ2v) is 5.06. The molecule has 0 radical (unpaired) electrons. The molecule has 1 rings (SSSR count). The van der Waals surface area contributed by atoms with Gasteiger partial charge in [-0.1, -0.05) is 26.8 Å². The molecule has 0 fully saturated rings. The first-order valence-electron chi connectivity index (χ1n) is 5.87. The lowest BCUT2D eigenvalue weighted by atomic mass is 9.79. The zero-order chi connectivity index (χ0) is 14.8. The lowest BCUT2D eigenvalue weighted by Crippen LogP contribution is -2.28. The molecular weight excluding hydrogens is 262 g/mol. The quantitative estimate of drug-likeness (QED) is 0.840. The molecule has 0 heterocycles. The van der Waals surface area contributed by atoms with E-state index in [4.69, 9.17) is 5.73 Å². The van der Waals surface area contributed by atoms with Gasteiger partial charge in [-0.05, 0) is 29.5 Å². The minimum atomic E-state index is -4.91. The first-order valence-corrected chi connectivity index (χ1v) is 5.87. The molecule has 1 aromatic carbocycles. The number of ether oxygens (including phenoxy) is 1. The predicted octanol–water partition coefficient (Wildman–Crippen LogP) is 4.16. The summed E-state index contributed by atoms with van der Waals surface area (Å²) in [6.07, 6.45) is -4.15. The van der Waals surface area contributed by atoms with Gasteiger partial charge in [0.25, 0.3) is 0 Å². The third kappa shape index (κ3) is 4.09. The minimum absolute atomic E-state index is 0.279. The molecule has 0 aromatic heterocycles. The van der Waals surface area contributed by atoms with Crippen molar-refractivity contribution in [2.75, 3.05) is 0 Å². The predicted molar refractivity (Wildman–Crippen MR) is 64.1 cm³/mol. The van der Waals surface area contributed by atoms with Gasteiger partial charge in [-0.15, -0.1) is 13.2 Å². The van der Waals surface area contributed by atoms with Crippen molar-refractivity contribution in [1.82, 2.24) is 0 Å². The van der Waals surface area contributed by atoms with E-state index in [0.717, 1.165) is 18.6 Å². The first kappa shape index (κ1) is 15.8. The van der Waals surface area contributed by atoms with E-state index in [9.17, 15) is 17.6 Å². The highest BCUT2D eigenvalue weighted by Gasteiger charge is 2.33. The van der Waals surface area contributed by atoms with Gasteiger partial charge in [0.1, 0.15) is 0 Å². The molecule has 6 heteroatoms. The number of benzene rings is 1. The fourth-order valence-electron chi connectivity index (χ4n) is 1.59. The summed E-state index contributed by atoms with van der Waals surface area (Å²) in [5.74, 6) is -1.92. The van der Waals surface area contributed by atoms with E-state index in [1.807, 2.05) is 20.8 Å². The molecule has 19 heavy (non-hydrogen) atoms. The number of alkyl halides is 3. The summed E-state index contributed by atoms with van der Waals surface area (Å²) >= 11 is 0. The summed E-state index contributed by atoms with van der Waals surface area (Å²) < 4.78 is 53.1. The van der Waals surface area contributed by atoms with E-state index in [1.165, 1.54) is 6.07 Å². The van der Waals surface area contributed by atoms with Crippen LogP contribution in [0.2, 0.25) is 0 Å². The molecule has 0 amide bonds. The molecule has 2 N–H and O–H groups in total. The molecule has 108 valence electrons. The Labute approximate surface area is 109 Å². The van der Waals surface area contributed by atoms with Crippen molar-refractivity contribution in [2.45, 2.75) is 39.6 Å². The number of rotatable bonds is 4. The Morgan fingerprint density at radius 2 is 1.84 bits per heavy atom. The van der Waals surface area contributed by atoms with Crippen LogP contribution >= 0.6 is 0 Å². The molecule has 2 nitrogen and oxygen atoms in total. The van der Waals surface area contributed by atoms with Crippen LogP contribution < -0.4 is 10.5 Å². The fraction of sp³-hybridized carbons (Fsp3) is 0.538. The minimum Gasteiger partial charge on any atom is -0.403 e. The average Bonchev–Trinajstić information content (AvgIpc) is 2.29. The zero-order valence-corrected chi connectivity index (χ0v) is 11.0. The van der Waals surface area contributed by atoms with Crippen molar-refractivity contribution >= 4 is 0 Å². The van der Waals surface area contributed by atoms with Crippen LogP contribution in [-0.2, 0) is 0 Å². The van der Waals surface area contributed by atoms with Crippen LogP contribution in [0.25, 0.3) is 0 Å². The Hall–Kier alpha value is -1.30. The van der Waals surface area contributed by atoms with Gasteiger partial charge in [-0.25, -0.2) is 4.39 Å². The zero-order valence-electron chi connectivity index (χ0n) is 11.0. The molecule has 0 spiro atoms. The summed E-state index contributed by atoms with van der Waals surface area (Å²) in [4.78, 5) is 0. The van der Waals surface area contributed by atoms with Crippen LogP contribution in [0.15, 0.2) is 18.2 Å². The Morgan fingerprint density at radius 1 is 1.26 bits per heavy atom. The Morgan fingerprint density at radius 3 is 2.26 bits per heavy atom. The third-order valence-corrected chi connectivity index (χ3v) is 3.29.